The molecule has 0 fully saturated rings. The van der Waals surface area contributed by atoms with Gasteiger partial charge in [-0.2, -0.15) is 0 Å². The lowest BCUT2D eigenvalue weighted by atomic mass is 9.95. The molecular weight excluding hydrogens is 270 g/mol. The van der Waals surface area contributed by atoms with Gasteiger partial charge in [0.05, 0.1) is 12.8 Å². The van der Waals surface area contributed by atoms with Crippen molar-refractivity contribution in [1.29, 1.82) is 0 Å². The number of ether oxygens (including phenoxy) is 1. The molecule has 2 amide bonds. The van der Waals surface area contributed by atoms with E-state index in [0.717, 1.165) is 0 Å². The predicted molar refractivity (Wildman–Crippen MR) is 83.1 cm³/mol. The van der Waals surface area contributed by atoms with Crippen LogP contribution in [0.5, 0.6) is 5.75 Å². The minimum Gasteiger partial charge on any atom is -0.495 e. The van der Waals surface area contributed by atoms with Gasteiger partial charge in [-0.15, -0.1) is 0 Å². The average molecular weight is 293 g/mol. The van der Waals surface area contributed by atoms with Gasteiger partial charge in [0.15, 0.2) is 0 Å². The zero-order valence-electron chi connectivity index (χ0n) is 13.1. The van der Waals surface area contributed by atoms with Gasteiger partial charge in [0.2, 0.25) is 11.8 Å². The summed E-state index contributed by atoms with van der Waals surface area (Å²) in [6.45, 7) is 7.00. The summed E-state index contributed by atoms with van der Waals surface area (Å²) in [5.41, 5.74) is 6.22. The summed E-state index contributed by atoms with van der Waals surface area (Å²) in [6, 6.07) is 4.32. The van der Waals surface area contributed by atoms with Crippen LogP contribution in [0.25, 0.3) is 0 Å². The van der Waals surface area contributed by atoms with Crippen molar-refractivity contribution in [3.8, 4) is 5.75 Å². The lowest BCUT2D eigenvalue weighted by molar-refractivity contribution is -0.131. The second kappa shape index (κ2) is 6.47. The van der Waals surface area contributed by atoms with E-state index in [1.807, 2.05) is 0 Å². The number of nitrogen functional groups attached to an aromatic ring is 1. The smallest absolute Gasteiger partial charge is 0.246 e. The van der Waals surface area contributed by atoms with E-state index in [0.29, 0.717) is 17.1 Å². The van der Waals surface area contributed by atoms with E-state index in [9.17, 15) is 9.59 Å². The Morgan fingerprint density at radius 2 is 1.90 bits per heavy atom. The van der Waals surface area contributed by atoms with Gasteiger partial charge < -0.3 is 21.1 Å². The lowest BCUT2D eigenvalue weighted by Crippen LogP contribution is -2.46. The topological polar surface area (TPSA) is 93.5 Å². The van der Waals surface area contributed by atoms with Crippen LogP contribution in [0.4, 0.5) is 11.4 Å². The number of methoxy groups -OCH3 is 1. The highest BCUT2D eigenvalue weighted by Crippen LogP contribution is 2.24. The standard InChI is InChI=1S/C15H23N3O3/c1-9(17-14(20)15(2,3)4)13(19)18-10-6-7-12(21-5)11(16)8-10/h6-9H,16H2,1-5H3,(H,17,20)(H,18,19). The Hall–Kier alpha value is -2.24. The molecule has 21 heavy (non-hydrogen) atoms. The molecule has 1 rings (SSSR count). The molecule has 1 unspecified atom stereocenters. The summed E-state index contributed by atoms with van der Waals surface area (Å²) in [4.78, 5) is 23.9. The maximum Gasteiger partial charge on any atom is 0.246 e. The Labute approximate surface area is 125 Å². The summed E-state index contributed by atoms with van der Waals surface area (Å²) in [6.07, 6.45) is 0. The van der Waals surface area contributed by atoms with Crippen LogP contribution in [0.1, 0.15) is 27.7 Å². The lowest BCUT2D eigenvalue weighted by Gasteiger charge is -2.21. The van der Waals surface area contributed by atoms with Crippen LogP contribution in [0, 0.1) is 5.41 Å². The Kier molecular flexibility index (Phi) is 5.18. The Balaban J connectivity index is 2.68. The number of carbonyl (C=O) groups is 2. The van der Waals surface area contributed by atoms with Gasteiger partial charge in [-0.1, -0.05) is 20.8 Å². The first-order chi connectivity index (χ1) is 9.65. The van der Waals surface area contributed by atoms with Gasteiger partial charge in [0.25, 0.3) is 0 Å². The summed E-state index contributed by atoms with van der Waals surface area (Å²) in [7, 11) is 1.52. The molecule has 0 aliphatic rings. The van der Waals surface area contributed by atoms with E-state index in [-0.39, 0.29) is 11.8 Å². The first-order valence-corrected chi connectivity index (χ1v) is 6.70. The molecule has 0 bridgehead atoms. The third kappa shape index (κ3) is 4.66. The van der Waals surface area contributed by atoms with E-state index in [4.69, 9.17) is 10.5 Å². The van der Waals surface area contributed by atoms with E-state index < -0.39 is 11.5 Å². The highest BCUT2D eigenvalue weighted by atomic mass is 16.5. The van der Waals surface area contributed by atoms with Crippen LogP contribution in [0.3, 0.4) is 0 Å². The molecule has 0 aliphatic carbocycles. The van der Waals surface area contributed by atoms with Gasteiger partial charge in [-0.3, -0.25) is 9.59 Å². The zero-order valence-corrected chi connectivity index (χ0v) is 13.1. The van der Waals surface area contributed by atoms with Crippen molar-refractivity contribution in [1.82, 2.24) is 5.32 Å². The number of hydrogen-bond acceptors (Lipinski definition) is 4. The normalized spacial score (nSPS) is 12.4. The number of nitrogens with one attached hydrogen (secondary N) is 2. The predicted octanol–water partition coefficient (Wildman–Crippen LogP) is 1.77. The average Bonchev–Trinajstić information content (AvgIpc) is 2.37. The number of rotatable bonds is 4. The SMILES string of the molecule is COc1ccc(NC(=O)C(C)NC(=O)C(C)(C)C)cc1N. The third-order valence-corrected chi connectivity index (χ3v) is 2.92. The van der Waals surface area contributed by atoms with Crippen molar-refractivity contribution >= 4 is 23.2 Å². The second-order valence-electron chi connectivity index (χ2n) is 5.89. The number of hydrogen-bond donors (Lipinski definition) is 3. The van der Waals surface area contributed by atoms with E-state index >= 15 is 0 Å². The highest BCUT2D eigenvalue weighted by molar-refractivity contribution is 5.97. The molecule has 4 N–H and O–H groups in total. The monoisotopic (exact) mass is 293 g/mol. The van der Waals surface area contributed by atoms with Gasteiger partial charge >= 0.3 is 0 Å². The molecule has 0 aliphatic heterocycles. The van der Waals surface area contributed by atoms with Crippen LogP contribution in [0.15, 0.2) is 18.2 Å². The molecule has 0 spiro atoms. The molecule has 0 radical (unpaired) electrons. The Morgan fingerprint density at radius 3 is 2.38 bits per heavy atom. The van der Waals surface area contributed by atoms with Crippen LogP contribution >= 0.6 is 0 Å². The molecule has 0 aromatic heterocycles. The number of amides is 2. The van der Waals surface area contributed by atoms with Crippen molar-refractivity contribution in [3.05, 3.63) is 18.2 Å². The van der Waals surface area contributed by atoms with E-state index in [1.165, 1.54) is 7.11 Å². The highest BCUT2D eigenvalue weighted by Gasteiger charge is 2.25. The molecule has 6 heteroatoms. The van der Waals surface area contributed by atoms with Gasteiger partial charge in [-0.25, -0.2) is 0 Å². The molecular formula is C15H23N3O3. The molecule has 0 heterocycles. The zero-order chi connectivity index (χ0) is 16.2. The largest absolute Gasteiger partial charge is 0.495 e. The number of nitrogens with two attached hydrogens (primary N) is 1. The summed E-state index contributed by atoms with van der Waals surface area (Å²) in [5, 5.41) is 5.37. The molecule has 1 aromatic carbocycles. The first kappa shape index (κ1) is 16.8. The van der Waals surface area contributed by atoms with E-state index in [2.05, 4.69) is 10.6 Å². The van der Waals surface area contributed by atoms with Crippen molar-refractivity contribution in [2.45, 2.75) is 33.7 Å². The van der Waals surface area contributed by atoms with Crippen molar-refractivity contribution < 1.29 is 14.3 Å². The third-order valence-electron chi connectivity index (χ3n) is 2.92. The summed E-state index contributed by atoms with van der Waals surface area (Å²) in [5.74, 6) is 0.0543. The summed E-state index contributed by atoms with van der Waals surface area (Å²) < 4.78 is 5.05. The van der Waals surface area contributed by atoms with Crippen LogP contribution < -0.4 is 21.1 Å². The fourth-order valence-electron chi connectivity index (χ4n) is 1.54. The maximum atomic E-state index is 12.0. The van der Waals surface area contributed by atoms with Crippen LogP contribution in [-0.4, -0.2) is 25.0 Å². The Bertz CT molecular complexity index is 535. The van der Waals surface area contributed by atoms with Crippen molar-refractivity contribution in [3.63, 3.8) is 0 Å². The van der Waals surface area contributed by atoms with Crippen molar-refractivity contribution in [2.75, 3.05) is 18.2 Å². The van der Waals surface area contributed by atoms with Gasteiger partial charge in [0, 0.05) is 11.1 Å². The molecule has 116 valence electrons. The van der Waals surface area contributed by atoms with Gasteiger partial charge in [-0.05, 0) is 25.1 Å². The fourth-order valence-corrected chi connectivity index (χ4v) is 1.54. The molecule has 0 saturated carbocycles. The van der Waals surface area contributed by atoms with E-state index in [1.54, 1.807) is 45.9 Å². The molecule has 6 nitrogen and oxygen atoms in total. The minimum atomic E-state index is -0.639. The number of anilines is 2. The molecule has 1 aromatic rings. The number of benzene rings is 1. The minimum absolute atomic E-state index is 0.181. The second-order valence-corrected chi connectivity index (χ2v) is 5.89. The molecule has 1 atom stereocenters. The maximum absolute atomic E-state index is 12.0. The quantitative estimate of drug-likeness (QED) is 0.737. The Morgan fingerprint density at radius 1 is 1.29 bits per heavy atom. The van der Waals surface area contributed by atoms with Gasteiger partial charge in [0.1, 0.15) is 11.8 Å². The van der Waals surface area contributed by atoms with Crippen LogP contribution in [0.2, 0.25) is 0 Å². The fraction of sp³-hybridized carbons (Fsp3) is 0.467. The van der Waals surface area contributed by atoms with Crippen LogP contribution in [-0.2, 0) is 9.59 Å². The number of carbonyl (C=O) groups excluding carboxylic acids is 2. The molecule has 0 saturated heterocycles. The van der Waals surface area contributed by atoms with Crippen molar-refractivity contribution in [2.24, 2.45) is 5.41 Å². The summed E-state index contributed by atoms with van der Waals surface area (Å²) >= 11 is 0. The first-order valence-electron chi connectivity index (χ1n) is 6.70.